The van der Waals surface area contributed by atoms with Crippen LogP contribution in [-0.4, -0.2) is 37.2 Å². The van der Waals surface area contributed by atoms with Crippen LogP contribution in [0, 0.1) is 5.92 Å². The molecule has 0 aliphatic rings. The highest BCUT2D eigenvalue weighted by atomic mass is 32.2. The number of rotatable bonds is 6. The molecule has 19 heavy (non-hydrogen) atoms. The average molecular weight is 306 g/mol. The Morgan fingerprint density at radius 1 is 1.37 bits per heavy atom. The summed E-state index contributed by atoms with van der Waals surface area (Å²) in [5.74, 6) is 0.583. The highest BCUT2D eigenvalue weighted by Gasteiger charge is 2.28. The minimum absolute atomic E-state index is 0.0537. The molecule has 110 valence electrons. The summed E-state index contributed by atoms with van der Waals surface area (Å²) in [4.78, 5) is 0.0816. The van der Waals surface area contributed by atoms with Gasteiger partial charge in [-0.15, -0.1) is 0 Å². The topological polar surface area (TPSA) is 88.3 Å². The van der Waals surface area contributed by atoms with Gasteiger partial charge in [-0.05, 0) is 30.8 Å². The van der Waals surface area contributed by atoms with Crippen LogP contribution in [-0.2, 0) is 10.0 Å². The van der Waals surface area contributed by atoms with E-state index in [1.54, 1.807) is 0 Å². The smallest absolute Gasteiger partial charge is 0.249 e. The molecular formula is C11H22N4O2S2. The lowest BCUT2D eigenvalue weighted by atomic mass is 10.1. The van der Waals surface area contributed by atoms with E-state index >= 15 is 0 Å². The molecule has 0 bridgehead atoms. The number of hydrogen-bond acceptors (Lipinski definition) is 6. The fourth-order valence-corrected chi connectivity index (χ4v) is 3.98. The van der Waals surface area contributed by atoms with Gasteiger partial charge < -0.3 is 11.1 Å². The molecule has 0 aliphatic heterocycles. The molecule has 0 saturated heterocycles. The molecule has 0 fully saturated rings. The summed E-state index contributed by atoms with van der Waals surface area (Å²) in [5.41, 5.74) is 5.70. The van der Waals surface area contributed by atoms with Crippen LogP contribution in [0.5, 0.6) is 0 Å². The van der Waals surface area contributed by atoms with E-state index in [-0.39, 0.29) is 16.8 Å². The third-order valence-corrected chi connectivity index (χ3v) is 5.43. The van der Waals surface area contributed by atoms with Crippen LogP contribution in [0.4, 0.5) is 10.8 Å². The lowest BCUT2D eigenvalue weighted by Gasteiger charge is -2.18. The van der Waals surface area contributed by atoms with E-state index in [9.17, 15) is 8.42 Å². The van der Waals surface area contributed by atoms with Gasteiger partial charge in [-0.2, -0.15) is 4.37 Å². The number of nitrogens with two attached hydrogens (primary N) is 1. The van der Waals surface area contributed by atoms with Crippen LogP contribution >= 0.6 is 11.5 Å². The minimum atomic E-state index is -3.58. The summed E-state index contributed by atoms with van der Waals surface area (Å²) in [5, 5.41) is 3.71. The summed E-state index contributed by atoms with van der Waals surface area (Å²) in [6.45, 7) is 6.26. The summed E-state index contributed by atoms with van der Waals surface area (Å²) < 4.78 is 29.5. The predicted molar refractivity (Wildman–Crippen MR) is 79.9 cm³/mol. The average Bonchev–Trinajstić information content (AvgIpc) is 2.58. The van der Waals surface area contributed by atoms with Gasteiger partial charge in [0.25, 0.3) is 0 Å². The number of anilines is 2. The molecule has 8 heteroatoms. The number of nitrogens with zero attached hydrogens (tertiary/aromatic N) is 2. The number of hydrogen-bond donors (Lipinski definition) is 2. The zero-order chi connectivity index (χ0) is 14.8. The van der Waals surface area contributed by atoms with Crippen molar-refractivity contribution in [2.24, 2.45) is 5.92 Å². The maximum absolute atomic E-state index is 12.2. The van der Waals surface area contributed by atoms with Crippen molar-refractivity contribution in [3.8, 4) is 0 Å². The van der Waals surface area contributed by atoms with Crippen molar-refractivity contribution in [2.75, 3.05) is 25.1 Å². The Labute approximate surface area is 119 Å². The molecule has 1 heterocycles. The summed E-state index contributed by atoms with van der Waals surface area (Å²) >= 11 is 1.08. The molecule has 0 aliphatic carbocycles. The molecule has 0 spiro atoms. The molecule has 0 amide bonds. The van der Waals surface area contributed by atoms with E-state index in [4.69, 9.17) is 5.73 Å². The molecule has 0 radical (unpaired) electrons. The van der Waals surface area contributed by atoms with Gasteiger partial charge in [-0.3, -0.25) is 0 Å². The van der Waals surface area contributed by atoms with Crippen molar-refractivity contribution < 1.29 is 8.42 Å². The van der Waals surface area contributed by atoms with Crippen molar-refractivity contribution in [3.63, 3.8) is 0 Å². The Kier molecular flexibility index (Phi) is 5.17. The van der Waals surface area contributed by atoms with Crippen molar-refractivity contribution >= 4 is 32.4 Å². The van der Waals surface area contributed by atoms with Gasteiger partial charge in [0.1, 0.15) is 5.00 Å². The SMILES string of the molecule is CC(C)CC(C)Nc1snc(N)c1S(=O)(=O)N(C)C. The molecule has 6 nitrogen and oxygen atoms in total. The van der Waals surface area contributed by atoms with E-state index < -0.39 is 10.0 Å². The zero-order valence-electron chi connectivity index (χ0n) is 12.0. The molecule has 0 saturated carbocycles. The summed E-state index contributed by atoms with van der Waals surface area (Å²) in [7, 11) is -0.615. The van der Waals surface area contributed by atoms with Crippen LogP contribution in [0.2, 0.25) is 0 Å². The normalized spacial score (nSPS) is 14.1. The second kappa shape index (κ2) is 6.06. The van der Waals surface area contributed by atoms with Gasteiger partial charge in [-0.1, -0.05) is 13.8 Å². The molecular weight excluding hydrogens is 284 g/mol. The molecule has 1 atom stereocenters. The maximum atomic E-state index is 12.2. The van der Waals surface area contributed by atoms with Crippen LogP contribution in [0.3, 0.4) is 0 Å². The lowest BCUT2D eigenvalue weighted by molar-refractivity contribution is 0.520. The highest BCUT2D eigenvalue weighted by Crippen LogP contribution is 2.33. The molecule has 1 unspecified atom stereocenters. The van der Waals surface area contributed by atoms with Crippen molar-refractivity contribution in [2.45, 2.75) is 38.1 Å². The first-order chi connectivity index (χ1) is 8.66. The molecule has 1 rings (SSSR count). The first-order valence-electron chi connectivity index (χ1n) is 6.10. The van der Waals surface area contributed by atoms with Crippen LogP contribution in [0.1, 0.15) is 27.2 Å². The summed E-state index contributed by atoms with van der Waals surface area (Å²) in [6, 6.07) is 0.163. The Morgan fingerprint density at radius 2 is 1.95 bits per heavy atom. The quantitative estimate of drug-likeness (QED) is 0.837. The number of aromatic nitrogens is 1. The third kappa shape index (κ3) is 3.80. The van der Waals surface area contributed by atoms with Gasteiger partial charge in [0.2, 0.25) is 10.0 Å². The Hall–Kier alpha value is -0.860. The van der Waals surface area contributed by atoms with Gasteiger partial charge in [0, 0.05) is 20.1 Å². The predicted octanol–water partition coefficient (Wildman–Crippen LogP) is 1.82. The summed E-state index contributed by atoms with van der Waals surface area (Å²) in [6.07, 6.45) is 0.944. The third-order valence-electron chi connectivity index (χ3n) is 2.62. The Balaban J connectivity index is 3.06. The van der Waals surface area contributed by atoms with Crippen LogP contribution in [0.15, 0.2) is 4.90 Å². The van der Waals surface area contributed by atoms with Gasteiger partial charge in [0.15, 0.2) is 10.7 Å². The monoisotopic (exact) mass is 306 g/mol. The molecule has 1 aromatic heterocycles. The van der Waals surface area contributed by atoms with E-state index in [1.165, 1.54) is 14.1 Å². The van der Waals surface area contributed by atoms with Crippen molar-refractivity contribution in [1.29, 1.82) is 0 Å². The fourth-order valence-electron chi connectivity index (χ4n) is 1.81. The van der Waals surface area contributed by atoms with Gasteiger partial charge in [-0.25, -0.2) is 12.7 Å². The highest BCUT2D eigenvalue weighted by molar-refractivity contribution is 7.89. The largest absolute Gasteiger partial charge is 0.382 e. The Morgan fingerprint density at radius 3 is 2.42 bits per heavy atom. The van der Waals surface area contributed by atoms with Crippen LogP contribution in [0.25, 0.3) is 0 Å². The number of sulfonamides is 1. The molecule has 0 aromatic carbocycles. The number of nitrogens with one attached hydrogen (secondary N) is 1. The number of nitrogen functional groups attached to an aromatic ring is 1. The van der Waals surface area contributed by atoms with E-state index in [2.05, 4.69) is 23.5 Å². The minimum Gasteiger partial charge on any atom is -0.382 e. The standard InChI is InChI=1S/C11H22N4O2S2/c1-7(2)6-8(3)13-11-9(10(12)14-18-11)19(16,17)15(4)5/h7-8,13H,6H2,1-5H3,(H2,12,14). The second-order valence-corrected chi connectivity index (χ2v) is 8.05. The molecule has 3 N–H and O–H groups in total. The van der Waals surface area contributed by atoms with Crippen molar-refractivity contribution in [3.05, 3.63) is 0 Å². The lowest BCUT2D eigenvalue weighted by Crippen LogP contribution is -2.25. The van der Waals surface area contributed by atoms with E-state index in [0.29, 0.717) is 10.9 Å². The zero-order valence-corrected chi connectivity index (χ0v) is 13.6. The molecule has 1 aromatic rings. The van der Waals surface area contributed by atoms with Gasteiger partial charge >= 0.3 is 0 Å². The van der Waals surface area contributed by atoms with Crippen molar-refractivity contribution in [1.82, 2.24) is 8.68 Å². The second-order valence-electron chi connectivity index (χ2n) is 5.19. The maximum Gasteiger partial charge on any atom is 0.249 e. The Bertz CT molecular complexity index is 523. The first kappa shape index (κ1) is 16.2. The van der Waals surface area contributed by atoms with Gasteiger partial charge in [0.05, 0.1) is 0 Å². The van der Waals surface area contributed by atoms with Crippen LogP contribution < -0.4 is 11.1 Å². The first-order valence-corrected chi connectivity index (χ1v) is 8.31. The fraction of sp³-hybridized carbons (Fsp3) is 0.727. The van der Waals surface area contributed by atoms with E-state index in [1.807, 2.05) is 6.92 Å². The van der Waals surface area contributed by atoms with E-state index in [0.717, 1.165) is 22.3 Å².